The minimum atomic E-state index is 0.672. The van der Waals surface area contributed by atoms with Crippen LogP contribution in [0.15, 0.2) is 72.8 Å². The van der Waals surface area contributed by atoms with Gasteiger partial charge in [-0.15, -0.1) is 0 Å². The molecule has 204 valence electrons. The molecule has 0 amide bonds. The van der Waals surface area contributed by atoms with Gasteiger partial charge in [0.25, 0.3) is 0 Å². The van der Waals surface area contributed by atoms with Gasteiger partial charge in [0.1, 0.15) is 0 Å². The van der Waals surface area contributed by atoms with Crippen molar-refractivity contribution in [3.63, 3.8) is 0 Å². The molecule has 0 aliphatic heterocycles. The van der Waals surface area contributed by atoms with E-state index in [0.717, 1.165) is 23.3 Å². The standard InChI is InChI=1S/C38H47N/c1-2-3-4-5-29-8-16-34(17-9-29)37-24-26-38(27-25-37)35-20-12-31(13-21-35)7-6-30-10-18-33(19-11-30)36-22-14-32(28-39)15-23-36/h12-15,20-27,29-30,33-34H,2-11,16-19H2,1H3/t29-,30?,33?,34-. The number of aryl methyl sites for hydroxylation is 1. The Balaban J connectivity index is 1.06. The zero-order valence-corrected chi connectivity index (χ0v) is 24.1. The van der Waals surface area contributed by atoms with Crippen LogP contribution in [0.3, 0.4) is 0 Å². The molecule has 0 aromatic heterocycles. The van der Waals surface area contributed by atoms with Gasteiger partial charge in [-0.3, -0.25) is 0 Å². The van der Waals surface area contributed by atoms with Crippen LogP contribution in [0.4, 0.5) is 0 Å². The Bertz CT molecular complexity index is 1170. The molecular weight excluding hydrogens is 470 g/mol. The topological polar surface area (TPSA) is 23.8 Å². The lowest BCUT2D eigenvalue weighted by Crippen LogP contribution is -2.14. The molecule has 2 fully saturated rings. The van der Waals surface area contributed by atoms with Gasteiger partial charge in [0.2, 0.25) is 0 Å². The van der Waals surface area contributed by atoms with Gasteiger partial charge in [-0.05, 0) is 128 Å². The van der Waals surface area contributed by atoms with Crippen LogP contribution in [-0.4, -0.2) is 0 Å². The van der Waals surface area contributed by atoms with E-state index in [0.29, 0.717) is 5.92 Å². The molecule has 2 aliphatic rings. The normalized spacial score (nSPS) is 23.3. The van der Waals surface area contributed by atoms with Gasteiger partial charge >= 0.3 is 0 Å². The summed E-state index contributed by atoms with van der Waals surface area (Å²) in [5, 5.41) is 9.04. The molecule has 0 saturated heterocycles. The third-order valence-electron chi connectivity index (χ3n) is 9.93. The largest absolute Gasteiger partial charge is 0.192 e. The Morgan fingerprint density at radius 3 is 1.59 bits per heavy atom. The summed E-state index contributed by atoms with van der Waals surface area (Å²) in [4.78, 5) is 0. The number of hydrogen-bond donors (Lipinski definition) is 0. The van der Waals surface area contributed by atoms with E-state index < -0.39 is 0 Å². The monoisotopic (exact) mass is 517 g/mol. The maximum atomic E-state index is 9.04. The zero-order valence-electron chi connectivity index (χ0n) is 24.1. The smallest absolute Gasteiger partial charge is 0.0991 e. The maximum absolute atomic E-state index is 9.04. The van der Waals surface area contributed by atoms with Crippen molar-refractivity contribution in [1.29, 1.82) is 5.26 Å². The fourth-order valence-corrected chi connectivity index (χ4v) is 7.26. The fourth-order valence-electron chi connectivity index (χ4n) is 7.26. The third-order valence-corrected chi connectivity index (χ3v) is 9.93. The first-order chi connectivity index (χ1) is 19.2. The average molecular weight is 518 g/mol. The summed E-state index contributed by atoms with van der Waals surface area (Å²) in [5.74, 6) is 3.26. The van der Waals surface area contributed by atoms with Crippen LogP contribution in [0, 0.1) is 23.2 Å². The van der Waals surface area contributed by atoms with Gasteiger partial charge in [-0.2, -0.15) is 5.26 Å². The van der Waals surface area contributed by atoms with E-state index in [1.165, 1.54) is 112 Å². The van der Waals surface area contributed by atoms with E-state index in [9.17, 15) is 0 Å². The molecule has 5 rings (SSSR count). The van der Waals surface area contributed by atoms with Crippen molar-refractivity contribution in [3.05, 3.63) is 95.1 Å². The molecule has 0 N–H and O–H groups in total. The number of benzene rings is 3. The molecule has 2 saturated carbocycles. The quantitative estimate of drug-likeness (QED) is 0.245. The Hall–Kier alpha value is -2.85. The Labute approximate surface area is 237 Å². The Kier molecular flexibility index (Phi) is 9.93. The van der Waals surface area contributed by atoms with E-state index in [4.69, 9.17) is 5.26 Å². The van der Waals surface area contributed by atoms with Crippen molar-refractivity contribution < 1.29 is 0 Å². The average Bonchev–Trinajstić information content (AvgIpc) is 3.01. The van der Waals surface area contributed by atoms with Crippen LogP contribution in [0.5, 0.6) is 0 Å². The van der Waals surface area contributed by atoms with Crippen LogP contribution in [-0.2, 0) is 6.42 Å². The van der Waals surface area contributed by atoms with Gasteiger partial charge < -0.3 is 0 Å². The molecule has 2 aliphatic carbocycles. The highest BCUT2D eigenvalue weighted by Gasteiger charge is 2.23. The van der Waals surface area contributed by atoms with Crippen LogP contribution in [0.1, 0.15) is 124 Å². The number of hydrogen-bond acceptors (Lipinski definition) is 1. The van der Waals surface area contributed by atoms with Crippen molar-refractivity contribution in [2.24, 2.45) is 11.8 Å². The minimum absolute atomic E-state index is 0.672. The van der Waals surface area contributed by atoms with Gasteiger partial charge in [-0.1, -0.05) is 93.3 Å². The van der Waals surface area contributed by atoms with Crippen LogP contribution >= 0.6 is 0 Å². The van der Waals surface area contributed by atoms with Crippen molar-refractivity contribution >= 4 is 0 Å². The summed E-state index contributed by atoms with van der Waals surface area (Å²) < 4.78 is 0. The van der Waals surface area contributed by atoms with Gasteiger partial charge in [0.15, 0.2) is 0 Å². The van der Waals surface area contributed by atoms with E-state index in [2.05, 4.69) is 73.7 Å². The predicted octanol–water partition coefficient (Wildman–Crippen LogP) is 11.0. The van der Waals surface area contributed by atoms with Crippen LogP contribution < -0.4 is 0 Å². The summed E-state index contributed by atoms with van der Waals surface area (Å²) in [6.07, 6.45) is 19.0. The Morgan fingerprint density at radius 1 is 0.590 bits per heavy atom. The van der Waals surface area contributed by atoms with Crippen molar-refractivity contribution in [1.82, 2.24) is 0 Å². The number of nitriles is 1. The molecule has 0 bridgehead atoms. The van der Waals surface area contributed by atoms with Gasteiger partial charge in [0.05, 0.1) is 11.6 Å². The first-order valence-electron chi connectivity index (χ1n) is 15.9. The molecule has 0 atom stereocenters. The molecule has 0 radical (unpaired) electrons. The molecule has 3 aromatic rings. The highest BCUT2D eigenvalue weighted by atomic mass is 14.3. The summed E-state index contributed by atoms with van der Waals surface area (Å²) in [6.45, 7) is 2.31. The van der Waals surface area contributed by atoms with Gasteiger partial charge in [0, 0.05) is 0 Å². The van der Waals surface area contributed by atoms with Crippen molar-refractivity contribution in [2.45, 2.75) is 109 Å². The van der Waals surface area contributed by atoms with Crippen LogP contribution in [0.25, 0.3) is 11.1 Å². The SMILES string of the molecule is CCCCC[C@H]1CC[C@H](c2ccc(-c3ccc(CCC4CCC(c5ccc(C#N)cc5)CC4)cc3)cc2)CC1. The molecule has 3 aromatic carbocycles. The summed E-state index contributed by atoms with van der Waals surface area (Å²) in [7, 11) is 0. The van der Waals surface area contributed by atoms with Gasteiger partial charge in [-0.25, -0.2) is 0 Å². The highest BCUT2D eigenvalue weighted by molar-refractivity contribution is 5.64. The molecule has 0 heterocycles. The predicted molar refractivity (Wildman–Crippen MR) is 165 cm³/mol. The van der Waals surface area contributed by atoms with E-state index in [1.54, 1.807) is 5.56 Å². The molecule has 0 spiro atoms. The van der Waals surface area contributed by atoms with Crippen LogP contribution in [0.2, 0.25) is 0 Å². The molecule has 0 unspecified atom stereocenters. The second-order valence-electron chi connectivity index (χ2n) is 12.5. The third kappa shape index (κ3) is 7.63. The van der Waals surface area contributed by atoms with E-state index in [1.807, 2.05) is 12.1 Å². The summed E-state index contributed by atoms with van der Waals surface area (Å²) >= 11 is 0. The number of unbranched alkanes of at least 4 members (excludes halogenated alkanes) is 2. The lowest BCUT2D eigenvalue weighted by atomic mass is 9.76. The molecule has 39 heavy (non-hydrogen) atoms. The van der Waals surface area contributed by atoms with E-state index >= 15 is 0 Å². The fraction of sp³-hybridized carbons (Fsp3) is 0.500. The second kappa shape index (κ2) is 14.0. The molecule has 1 nitrogen and oxygen atoms in total. The highest BCUT2D eigenvalue weighted by Crippen LogP contribution is 2.39. The van der Waals surface area contributed by atoms with E-state index in [-0.39, 0.29) is 0 Å². The number of nitrogens with zero attached hydrogens (tertiary/aromatic N) is 1. The second-order valence-corrected chi connectivity index (χ2v) is 12.5. The lowest BCUT2D eigenvalue weighted by molar-refractivity contribution is 0.303. The lowest BCUT2D eigenvalue weighted by Gasteiger charge is -2.29. The minimum Gasteiger partial charge on any atom is -0.192 e. The first kappa shape index (κ1) is 27.7. The van der Waals surface area contributed by atoms with Crippen molar-refractivity contribution in [2.75, 3.05) is 0 Å². The first-order valence-corrected chi connectivity index (χ1v) is 15.9. The summed E-state index contributed by atoms with van der Waals surface area (Å²) in [5.41, 5.74) is 7.89. The zero-order chi connectivity index (χ0) is 26.9. The number of rotatable bonds is 10. The molecule has 1 heteroatoms. The Morgan fingerprint density at radius 2 is 1.08 bits per heavy atom. The summed E-state index contributed by atoms with van der Waals surface area (Å²) in [6, 6.07) is 29.4. The molecular formula is C38H47N. The maximum Gasteiger partial charge on any atom is 0.0991 e. The van der Waals surface area contributed by atoms with Crippen molar-refractivity contribution in [3.8, 4) is 17.2 Å².